The molecule has 33 heavy (non-hydrogen) atoms. The first-order valence-corrected chi connectivity index (χ1v) is 12.1. The lowest BCUT2D eigenvalue weighted by Gasteiger charge is -2.20. The Morgan fingerprint density at radius 1 is 0.697 bits per heavy atom. The molecule has 180 valence electrons. The van der Waals surface area contributed by atoms with Crippen molar-refractivity contribution in [2.45, 2.75) is 59.8 Å². The van der Waals surface area contributed by atoms with E-state index in [-0.39, 0.29) is 24.1 Å². The molecule has 0 bridgehead atoms. The van der Waals surface area contributed by atoms with E-state index in [0.717, 1.165) is 35.5 Å². The Labute approximate surface area is 198 Å². The van der Waals surface area contributed by atoms with Gasteiger partial charge in [0.1, 0.15) is 17.3 Å². The minimum atomic E-state index is -0.491. The van der Waals surface area contributed by atoms with E-state index in [2.05, 4.69) is 6.92 Å². The Balaban J connectivity index is 2.10. The van der Waals surface area contributed by atoms with Gasteiger partial charge in [-0.25, -0.2) is 0 Å². The molecular formula is C28H38O5. The zero-order chi connectivity index (χ0) is 24.1. The number of ether oxygens (including phenoxy) is 3. The monoisotopic (exact) mass is 454 g/mol. The lowest BCUT2D eigenvalue weighted by atomic mass is 9.85. The third-order valence-corrected chi connectivity index (χ3v) is 5.59. The van der Waals surface area contributed by atoms with Crippen molar-refractivity contribution in [1.82, 2.24) is 0 Å². The first-order valence-electron chi connectivity index (χ1n) is 12.1. The van der Waals surface area contributed by atoms with Gasteiger partial charge >= 0.3 is 5.97 Å². The molecule has 2 aromatic rings. The van der Waals surface area contributed by atoms with Crippen LogP contribution in [0.4, 0.5) is 0 Å². The van der Waals surface area contributed by atoms with Crippen molar-refractivity contribution >= 4 is 11.8 Å². The van der Waals surface area contributed by atoms with E-state index in [1.54, 1.807) is 6.92 Å². The Morgan fingerprint density at radius 2 is 1.18 bits per heavy atom. The van der Waals surface area contributed by atoms with Crippen molar-refractivity contribution in [1.29, 1.82) is 0 Å². The normalized spacial score (nSPS) is 12.6. The van der Waals surface area contributed by atoms with Gasteiger partial charge in [0.25, 0.3) is 0 Å². The molecule has 0 aliphatic rings. The lowest BCUT2D eigenvalue weighted by molar-refractivity contribution is -0.150. The summed E-state index contributed by atoms with van der Waals surface area (Å²) in [5, 5.41) is 0. The van der Waals surface area contributed by atoms with Crippen LogP contribution in [-0.4, -0.2) is 31.6 Å². The molecule has 2 rings (SSSR count). The number of esters is 1. The zero-order valence-corrected chi connectivity index (χ0v) is 20.5. The summed E-state index contributed by atoms with van der Waals surface area (Å²) in [6, 6.07) is 15.6. The van der Waals surface area contributed by atoms with Crippen molar-refractivity contribution in [3.05, 3.63) is 59.7 Å². The van der Waals surface area contributed by atoms with E-state index < -0.39 is 5.92 Å². The van der Waals surface area contributed by atoms with Gasteiger partial charge in [-0.3, -0.25) is 9.59 Å². The summed E-state index contributed by atoms with van der Waals surface area (Å²) >= 11 is 0. The number of benzene rings is 2. The largest absolute Gasteiger partial charge is 0.494 e. The molecule has 0 radical (unpaired) electrons. The number of hydrogen-bond acceptors (Lipinski definition) is 5. The number of hydrogen-bond donors (Lipinski definition) is 0. The third-order valence-electron chi connectivity index (χ3n) is 5.59. The van der Waals surface area contributed by atoms with Gasteiger partial charge in [0.2, 0.25) is 0 Å². The van der Waals surface area contributed by atoms with Gasteiger partial charge in [-0.15, -0.1) is 0 Å². The molecule has 0 aliphatic heterocycles. The number of Topliss-reactive ketones (excluding diaryl/α,β-unsaturated/α-hetero) is 1. The maximum Gasteiger partial charge on any atom is 0.309 e. The van der Waals surface area contributed by atoms with Gasteiger partial charge < -0.3 is 14.2 Å². The van der Waals surface area contributed by atoms with E-state index in [9.17, 15) is 9.59 Å². The predicted molar refractivity (Wildman–Crippen MR) is 131 cm³/mol. The van der Waals surface area contributed by atoms with E-state index in [1.807, 2.05) is 62.4 Å². The van der Waals surface area contributed by atoms with Crippen molar-refractivity contribution in [2.24, 2.45) is 11.8 Å². The first-order chi connectivity index (χ1) is 16.0. The van der Waals surface area contributed by atoms with Gasteiger partial charge in [-0.05, 0) is 75.4 Å². The molecule has 5 nitrogen and oxygen atoms in total. The van der Waals surface area contributed by atoms with E-state index in [4.69, 9.17) is 14.2 Å². The second-order valence-electron chi connectivity index (χ2n) is 8.17. The molecule has 5 heteroatoms. The Kier molecular flexibility index (Phi) is 11.5. The Hall–Kier alpha value is -2.82. The molecule has 0 spiro atoms. The highest BCUT2D eigenvalue weighted by molar-refractivity contribution is 5.86. The number of carbonyl (C=O) groups is 2. The lowest BCUT2D eigenvalue weighted by Crippen LogP contribution is -2.27. The van der Waals surface area contributed by atoms with Crippen LogP contribution in [0.25, 0.3) is 0 Å². The van der Waals surface area contributed by atoms with Crippen molar-refractivity contribution in [2.75, 3.05) is 19.8 Å². The van der Waals surface area contributed by atoms with Gasteiger partial charge in [0, 0.05) is 12.3 Å². The Morgan fingerprint density at radius 3 is 1.61 bits per heavy atom. The van der Waals surface area contributed by atoms with Crippen LogP contribution in [0.2, 0.25) is 0 Å². The number of ketones is 1. The predicted octanol–water partition coefficient (Wildman–Crippen LogP) is 5.82. The van der Waals surface area contributed by atoms with Crippen LogP contribution >= 0.6 is 0 Å². The molecule has 2 unspecified atom stereocenters. The summed E-state index contributed by atoms with van der Waals surface area (Å²) in [5.41, 5.74) is 2.09. The minimum absolute atomic E-state index is 0.120. The highest BCUT2D eigenvalue weighted by Crippen LogP contribution is 2.24. The molecule has 0 saturated carbocycles. The second kappa shape index (κ2) is 14.4. The fourth-order valence-corrected chi connectivity index (χ4v) is 3.98. The minimum Gasteiger partial charge on any atom is -0.494 e. The van der Waals surface area contributed by atoms with Crippen LogP contribution in [0.3, 0.4) is 0 Å². The molecule has 0 saturated heterocycles. The van der Waals surface area contributed by atoms with Crippen LogP contribution in [0.5, 0.6) is 11.5 Å². The smallest absolute Gasteiger partial charge is 0.309 e. The zero-order valence-electron chi connectivity index (χ0n) is 20.5. The van der Waals surface area contributed by atoms with Gasteiger partial charge in [-0.1, -0.05) is 37.6 Å². The maximum atomic E-state index is 13.3. The highest BCUT2D eigenvalue weighted by atomic mass is 16.5. The van der Waals surface area contributed by atoms with Crippen LogP contribution < -0.4 is 9.47 Å². The molecule has 0 amide bonds. The van der Waals surface area contributed by atoms with Crippen LogP contribution in [0.15, 0.2) is 48.5 Å². The standard InChI is InChI=1S/C28H38O5/c1-5-9-23(18-21-10-14-25(15-11-21)31-6-2)27(29)20-24(28(30)33-8-4)19-22-12-16-26(17-13-22)32-7-3/h10-17,23-24H,5-9,18-20H2,1-4H3. The maximum absolute atomic E-state index is 13.3. The molecular weight excluding hydrogens is 416 g/mol. The molecule has 0 N–H and O–H groups in total. The molecule has 0 aromatic heterocycles. The van der Waals surface area contributed by atoms with Crippen LogP contribution in [-0.2, 0) is 27.2 Å². The fourth-order valence-electron chi connectivity index (χ4n) is 3.98. The molecule has 0 fully saturated rings. The number of rotatable bonds is 15. The van der Waals surface area contributed by atoms with Crippen molar-refractivity contribution in [3.8, 4) is 11.5 Å². The summed E-state index contributed by atoms with van der Waals surface area (Å²) in [6.07, 6.45) is 3.03. The van der Waals surface area contributed by atoms with Crippen LogP contribution in [0, 0.1) is 11.8 Å². The molecule has 2 atom stereocenters. The summed E-state index contributed by atoms with van der Waals surface area (Å²) < 4.78 is 16.3. The van der Waals surface area contributed by atoms with E-state index >= 15 is 0 Å². The average molecular weight is 455 g/mol. The van der Waals surface area contributed by atoms with Crippen molar-refractivity contribution in [3.63, 3.8) is 0 Å². The quantitative estimate of drug-likeness (QED) is 0.317. The van der Waals surface area contributed by atoms with E-state index in [1.165, 1.54) is 0 Å². The fraction of sp³-hybridized carbons (Fsp3) is 0.500. The second-order valence-corrected chi connectivity index (χ2v) is 8.17. The van der Waals surface area contributed by atoms with Crippen LogP contribution in [0.1, 0.15) is 58.1 Å². The van der Waals surface area contributed by atoms with E-state index in [0.29, 0.717) is 32.7 Å². The van der Waals surface area contributed by atoms with Gasteiger partial charge in [-0.2, -0.15) is 0 Å². The summed E-state index contributed by atoms with van der Waals surface area (Å²) in [5.74, 6) is 0.826. The summed E-state index contributed by atoms with van der Waals surface area (Å²) in [4.78, 5) is 26.0. The molecule has 2 aromatic carbocycles. The topological polar surface area (TPSA) is 61.8 Å². The average Bonchev–Trinajstić information content (AvgIpc) is 2.81. The molecule has 0 aliphatic carbocycles. The molecule has 0 heterocycles. The number of carbonyl (C=O) groups excluding carboxylic acids is 2. The van der Waals surface area contributed by atoms with Gasteiger partial charge in [0.15, 0.2) is 0 Å². The first kappa shape index (κ1) is 26.4. The third kappa shape index (κ3) is 8.91. The van der Waals surface area contributed by atoms with Gasteiger partial charge in [0.05, 0.1) is 25.7 Å². The van der Waals surface area contributed by atoms with Crippen molar-refractivity contribution < 1.29 is 23.8 Å². The highest BCUT2D eigenvalue weighted by Gasteiger charge is 2.27. The Bertz CT molecular complexity index is 842. The summed E-state index contributed by atoms with van der Waals surface area (Å²) in [6.45, 7) is 9.30. The summed E-state index contributed by atoms with van der Waals surface area (Å²) in [7, 11) is 0. The SMILES string of the molecule is CCCC(Cc1ccc(OCC)cc1)C(=O)CC(Cc1ccc(OCC)cc1)C(=O)OCC.